The number of cyclic esters (lactones) is 1. The van der Waals surface area contributed by atoms with Gasteiger partial charge >= 0.3 is 5.97 Å². The number of aliphatic hydroxyl groups excluding tert-OH is 2. The van der Waals surface area contributed by atoms with Gasteiger partial charge in [0.15, 0.2) is 0 Å². The molecule has 3 aliphatic rings. The number of carbonyl (C=O) groups is 1. The van der Waals surface area contributed by atoms with E-state index in [0.717, 1.165) is 36.8 Å². The zero-order valence-corrected chi connectivity index (χ0v) is 28.4. The molecule has 4 nitrogen and oxygen atoms in total. The normalized spacial score (nSPS) is 27.6. The van der Waals surface area contributed by atoms with Gasteiger partial charge in [-0.2, -0.15) is 0 Å². The highest BCUT2D eigenvalue weighted by Crippen LogP contribution is 2.44. The van der Waals surface area contributed by atoms with Crippen LogP contribution < -0.4 is 0 Å². The molecule has 4 heteroatoms. The molecule has 0 aromatic carbocycles. The van der Waals surface area contributed by atoms with E-state index in [1.54, 1.807) is 0 Å². The van der Waals surface area contributed by atoms with Gasteiger partial charge in [-0.05, 0) is 107 Å². The quantitative estimate of drug-likeness (QED) is 0.149. The Bertz CT molecular complexity index is 1390. The molecule has 3 rings (SSSR count). The number of hydrogen-bond acceptors (Lipinski definition) is 4. The molecule has 0 bridgehead atoms. The van der Waals surface area contributed by atoms with Gasteiger partial charge in [-0.15, -0.1) is 0 Å². The fraction of sp³-hybridized carbons (Fsp3) is 0.475. The lowest BCUT2D eigenvalue weighted by Crippen LogP contribution is -2.33. The minimum absolute atomic E-state index is 0.00285. The van der Waals surface area contributed by atoms with Crippen molar-refractivity contribution in [2.45, 2.75) is 107 Å². The molecule has 238 valence electrons. The second-order valence-corrected chi connectivity index (χ2v) is 14.3. The Hall–Kier alpha value is -3.21. The second kappa shape index (κ2) is 15.2. The van der Waals surface area contributed by atoms with E-state index in [4.69, 9.17) is 4.74 Å². The van der Waals surface area contributed by atoms with Gasteiger partial charge < -0.3 is 14.9 Å². The van der Waals surface area contributed by atoms with Gasteiger partial charge in [0.2, 0.25) is 0 Å². The standard InChI is InChI=1S/C40H54O4/c1-27(15-12-16-28(2)17-19-36-30(4)22-33(41)25-39(36,6)7)13-10-11-14-29(3)21-35-24-32(38(43)44-35)18-20-37-31(5)23-34(42)26-40(37,8)9/h10-17,19,21,23-24,33-34,37,41-42H,18,20,22,25-26H2,1-9H3/b11-10+,15-12+,19-17+,27-13+,28-16+,29-14+,35-21-/t33-,34+,37+/m1/s1. The summed E-state index contributed by atoms with van der Waals surface area (Å²) in [6.45, 7) is 19.2. The lowest BCUT2D eigenvalue weighted by atomic mass is 9.66. The fourth-order valence-electron chi connectivity index (χ4n) is 6.92. The summed E-state index contributed by atoms with van der Waals surface area (Å²) in [5.74, 6) is 0.657. The van der Waals surface area contributed by atoms with Crippen molar-refractivity contribution in [2.24, 2.45) is 16.7 Å². The third kappa shape index (κ3) is 10.2. The van der Waals surface area contributed by atoms with Crippen LogP contribution in [0.4, 0.5) is 0 Å². The summed E-state index contributed by atoms with van der Waals surface area (Å²) in [5.41, 5.74) is 7.81. The van der Waals surface area contributed by atoms with Crippen LogP contribution in [0.2, 0.25) is 0 Å². The third-order valence-electron chi connectivity index (χ3n) is 9.08. The lowest BCUT2D eigenvalue weighted by Gasteiger charge is -2.40. The number of ether oxygens (including phenoxy) is 1. The van der Waals surface area contributed by atoms with Crippen molar-refractivity contribution in [1.82, 2.24) is 0 Å². The van der Waals surface area contributed by atoms with E-state index in [-0.39, 0.29) is 29.0 Å². The van der Waals surface area contributed by atoms with Crippen LogP contribution in [0.5, 0.6) is 0 Å². The number of rotatable bonds is 10. The molecule has 1 aliphatic heterocycles. The number of aliphatic hydroxyl groups is 2. The molecule has 0 saturated carbocycles. The maximum Gasteiger partial charge on any atom is 0.339 e. The molecule has 0 saturated heterocycles. The summed E-state index contributed by atoms with van der Waals surface area (Å²) in [4.78, 5) is 12.5. The van der Waals surface area contributed by atoms with Crippen LogP contribution in [0.1, 0.15) is 94.4 Å². The second-order valence-electron chi connectivity index (χ2n) is 14.3. The molecule has 0 amide bonds. The Morgan fingerprint density at radius 1 is 0.932 bits per heavy atom. The highest BCUT2D eigenvalue weighted by Gasteiger charge is 2.36. The van der Waals surface area contributed by atoms with Crippen LogP contribution >= 0.6 is 0 Å². The van der Waals surface area contributed by atoms with Gasteiger partial charge in [-0.25, -0.2) is 4.79 Å². The first-order valence-electron chi connectivity index (χ1n) is 16.0. The van der Waals surface area contributed by atoms with Crippen LogP contribution in [-0.2, 0) is 9.53 Å². The number of hydrogen-bond donors (Lipinski definition) is 2. The number of carbonyl (C=O) groups excluding carboxylic acids is 1. The average molecular weight is 599 g/mol. The van der Waals surface area contributed by atoms with E-state index in [9.17, 15) is 15.0 Å². The summed E-state index contributed by atoms with van der Waals surface area (Å²) in [6.07, 6.45) is 27.6. The van der Waals surface area contributed by atoms with Gasteiger partial charge in [-0.1, -0.05) is 111 Å². The fourth-order valence-corrected chi connectivity index (χ4v) is 6.92. The molecule has 0 aromatic heterocycles. The van der Waals surface area contributed by atoms with E-state index in [1.807, 2.05) is 43.4 Å². The molecule has 0 aromatic rings. The Kier molecular flexibility index (Phi) is 12.2. The van der Waals surface area contributed by atoms with Gasteiger partial charge in [-0.3, -0.25) is 0 Å². The first kappa shape index (κ1) is 35.3. The summed E-state index contributed by atoms with van der Waals surface area (Å²) in [6, 6.07) is 0. The van der Waals surface area contributed by atoms with Crippen LogP contribution in [0.3, 0.4) is 0 Å². The van der Waals surface area contributed by atoms with Crippen LogP contribution in [0, 0.1) is 16.7 Å². The van der Waals surface area contributed by atoms with Crippen molar-refractivity contribution in [2.75, 3.05) is 0 Å². The summed E-state index contributed by atoms with van der Waals surface area (Å²) in [5, 5.41) is 20.2. The van der Waals surface area contributed by atoms with Crippen molar-refractivity contribution >= 4 is 5.97 Å². The molecule has 2 aliphatic carbocycles. The summed E-state index contributed by atoms with van der Waals surface area (Å²) >= 11 is 0. The Morgan fingerprint density at radius 3 is 2.23 bits per heavy atom. The highest BCUT2D eigenvalue weighted by molar-refractivity contribution is 5.92. The van der Waals surface area contributed by atoms with Gasteiger partial charge in [0.1, 0.15) is 5.76 Å². The molecule has 3 atom stereocenters. The molecule has 0 radical (unpaired) electrons. The van der Waals surface area contributed by atoms with Crippen molar-refractivity contribution < 1.29 is 19.7 Å². The van der Waals surface area contributed by atoms with E-state index in [0.29, 0.717) is 23.7 Å². The van der Waals surface area contributed by atoms with Crippen molar-refractivity contribution in [3.05, 3.63) is 118 Å². The SMILES string of the molecule is CC1=C[C@H](O)CC(C)(C)[C@H]1CCC1=C/C(=C/C(C)=C/C=C/C=C(C)/C=C/C=C(C)/C=C/C2=C(C)C[C@@H](O)CC2(C)C)OC1=O. The van der Waals surface area contributed by atoms with E-state index in [2.05, 4.69) is 91.8 Å². The Morgan fingerprint density at radius 2 is 1.57 bits per heavy atom. The Balaban J connectivity index is 1.54. The molecular formula is C40H54O4. The predicted molar refractivity (Wildman–Crippen MR) is 184 cm³/mol. The topological polar surface area (TPSA) is 66.8 Å². The van der Waals surface area contributed by atoms with Gasteiger partial charge in [0, 0.05) is 5.57 Å². The highest BCUT2D eigenvalue weighted by atomic mass is 16.5. The maximum atomic E-state index is 12.5. The summed E-state index contributed by atoms with van der Waals surface area (Å²) in [7, 11) is 0. The van der Waals surface area contributed by atoms with Crippen molar-refractivity contribution in [3.63, 3.8) is 0 Å². The monoisotopic (exact) mass is 598 g/mol. The predicted octanol–water partition coefficient (Wildman–Crippen LogP) is 9.49. The van der Waals surface area contributed by atoms with E-state index < -0.39 is 0 Å². The molecule has 44 heavy (non-hydrogen) atoms. The van der Waals surface area contributed by atoms with Gasteiger partial charge in [0.25, 0.3) is 0 Å². The van der Waals surface area contributed by atoms with Crippen LogP contribution in [0.25, 0.3) is 0 Å². The Labute approximate surface area is 266 Å². The first-order valence-corrected chi connectivity index (χ1v) is 16.0. The number of allylic oxidation sites excluding steroid dienone is 16. The van der Waals surface area contributed by atoms with E-state index in [1.165, 1.54) is 22.3 Å². The lowest BCUT2D eigenvalue weighted by molar-refractivity contribution is -0.133. The van der Waals surface area contributed by atoms with Crippen LogP contribution in [0.15, 0.2) is 118 Å². The molecule has 1 heterocycles. The molecule has 0 fully saturated rings. The third-order valence-corrected chi connectivity index (χ3v) is 9.08. The smallest absolute Gasteiger partial charge is 0.339 e. The average Bonchev–Trinajstić information content (AvgIpc) is 3.22. The zero-order valence-electron chi connectivity index (χ0n) is 28.4. The zero-order chi connectivity index (χ0) is 32.7. The van der Waals surface area contributed by atoms with Crippen molar-refractivity contribution in [3.8, 4) is 0 Å². The molecule has 0 spiro atoms. The molecular weight excluding hydrogens is 544 g/mol. The van der Waals surface area contributed by atoms with Crippen LogP contribution in [-0.4, -0.2) is 28.4 Å². The maximum absolute atomic E-state index is 12.5. The minimum Gasteiger partial charge on any atom is -0.423 e. The van der Waals surface area contributed by atoms with E-state index >= 15 is 0 Å². The minimum atomic E-state index is -0.384. The first-order chi connectivity index (χ1) is 20.6. The molecule has 0 unspecified atom stereocenters. The largest absolute Gasteiger partial charge is 0.423 e. The summed E-state index contributed by atoms with van der Waals surface area (Å²) < 4.78 is 5.53. The molecule has 2 N–H and O–H groups in total. The van der Waals surface area contributed by atoms with Crippen molar-refractivity contribution in [1.29, 1.82) is 0 Å². The number of esters is 1. The van der Waals surface area contributed by atoms with Gasteiger partial charge in [0.05, 0.1) is 12.2 Å².